The standard InChI is InChI=1S/C9H7ClN4O/c10-7-4-8(13-5-12-7)14-9(15)6-2-1-3-11-6/h1-5,11H,(H,12,13,14,15). The summed E-state index contributed by atoms with van der Waals surface area (Å²) in [5.74, 6) is 0.101. The molecule has 1 amide bonds. The highest BCUT2D eigenvalue weighted by molar-refractivity contribution is 6.29. The van der Waals surface area contributed by atoms with Gasteiger partial charge in [0.1, 0.15) is 23.0 Å². The third-order valence-corrected chi connectivity index (χ3v) is 1.92. The smallest absolute Gasteiger partial charge is 0.273 e. The number of hydrogen-bond acceptors (Lipinski definition) is 3. The SMILES string of the molecule is O=C(Nc1cc(Cl)ncn1)c1ccc[nH]1. The molecule has 15 heavy (non-hydrogen) atoms. The Labute approximate surface area is 90.5 Å². The highest BCUT2D eigenvalue weighted by atomic mass is 35.5. The number of aromatic amines is 1. The topological polar surface area (TPSA) is 70.7 Å². The highest BCUT2D eigenvalue weighted by Gasteiger charge is 2.06. The van der Waals surface area contributed by atoms with Crippen LogP contribution in [0.1, 0.15) is 10.5 Å². The largest absolute Gasteiger partial charge is 0.357 e. The molecule has 0 radical (unpaired) electrons. The van der Waals surface area contributed by atoms with Crippen molar-refractivity contribution in [3.05, 3.63) is 41.6 Å². The summed E-state index contributed by atoms with van der Waals surface area (Å²) in [5.41, 5.74) is 0.463. The van der Waals surface area contributed by atoms with E-state index in [0.29, 0.717) is 11.5 Å². The van der Waals surface area contributed by atoms with Crippen LogP contribution in [0.4, 0.5) is 5.82 Å². The minimum atomic E-state index is -0.269. The second kappa shape index (κ2) is 4.10. The molecular weight excluding hydrogens is 216 g/mol. The summed E-state index contributed by atoms with van der Waals surface area (Å²) in [4.78, 5) is 21.9. The second-order valence-electron chi connectivity index (χ2n) is 2.76. The molecule has 0 bridgehead atoms. The van der Waals surface area contributed by atoms with Crippen molar-refractivity contribution < 1.29 is 4.79 Å². The van der Waals surface area contributed by atoms with Crippen molar-refractivity contribution in [2.75, 3.05) is 5.32 Å². The maximum Gasteiger partial charge on any atom is 0.273 e. The summed E-state index contributed by atoms with van der Waals surface area (Å²) in [6.45, 7) is 0. The molecule has 0 aliphatic carbocycles. The lowest BCUT2D eigenvalue weighted by atomic mass is 10.4. The van der Waals surface area contributed by atoms with E-state index in [1.807, 2.05) is 0 Å². The van der Waals surface area contributed by atoms with Gasteiger partial charge in [0, 0.05) is 12.3 Å². The number of amides is 1. The number of halogens is 1. The van der Waals surface area contributed by atoms with Crippen LogP contribution in [0.2, 0.25) is 5.15 Å². The molecule has 0 aliphatic rings. The van der Waals surface area contributed by atoms with Crippen molar-refractivity contribution in [3.8, 4) is 0 Å². The first-order chi connectivity index (χ1) is 7.25. The average Bonchev–Trinajstić information content (AvgIpc) is 2.70. The first-order valence-corrected chi connectivity index (χ1v) is 4.56. The van der Waals surface area contributed by atoms with Crippen LogP contribution in [-0.4, -0.2) is 20.9 Å². The van der Waals surface area contributed by atoms with Gasteiger partial charge in [0.05, 0.1) is 0 Å². The van der Waals surface area contributed by atoms with E-state index in [2.05, 4.69) is 20.3 Å². The van der Waals surface area contributed by atoms with Gasteiger partial charge in [0.15, 0.2) is 0 Å². The normalized spacial score (nSPS) is 9.93. The van der Waals surface area contributed by atoms with Gasteiger partial charge in [-0.3, -0.25) is 4.79 Å². The lowest BCUT2D eigenvalue weighted by Gasteiger charge is -2.01. The Morgan fingerprint density at radius 2 is 2.33 bits per heavy atom. The Balaban J connectivity index is 2.13. The van der Waals surface area contributed by atoms with E-state index in [1.165, 1.54) is 12.4 Å². The van der Waals surface area contributed by atoms with Crippen molar-refractivity contribution in [2.45, 2.75) is 0 Å². The van der Waals surface area contributed by atoms with Gasteiger partial charge in [-0.2, -0.15) is 0 Å². The van der Waals surface area contributed by atoms with E-state index in [0.717, 1.165) is 0 Å². The van der Waals surface area contributed by atoms with Gasteiger partial charge in [-0.05, 0) is 12.1 Å². The molecule has 0 unspecified atom stereocenters. The number of rotatable bonds is 2. The number of hydrogen-bond donors (Lipinski definition) is 2. The van der Waals surface area contributed by atoms with Crippen LogP contribution in [0.15, 0.2) is 30.7 Å². The summed E-state index contributed by atoms with van der Waals surface area (Å²) >= 11 is 5.64. The molecule has 0 spiro atoms. The first-order valence-electron chi connectivity index (χ1n) is 4.18. The van der Waals surface area contributed by atoms with Crippen LogP contribution < -0.4 is 5.32 Å². The van der Waals surface area contributed by atoms with E-state index >= 15 is 0 Å². The predicted octanol–water partition coefficient (Wildman–Crippen LogP) is 1.71. The Kier molecular flexibility index (Phi) is 2.64. The molecule has 0 saturated carbocycles. The maximum absolute atomic E-state index is 11.5. The molecule has 0 fully saturated rings. The van der Waals surface area contributed by atoms with Crippen molar-refractivity contribution >= 4 is 23.3 Å². The van der Waals surface area contributed by atoms with Crippen LogP contribution in [0.5, 0.6) is 0 Å². The Morgan fingerprint density at radius 3 is 3.00 bits per heavy atom. The number of H-pyrrole nitrogens is 1. The van der Waals surface area contributed by atoms with E-state index in [9.17, 15) is 4.79 Å². The molecule has 6 heteroatoms. The Bertz CT molecular complexity index is 469. The fraction of sp³-hybridized carbons (Fsp3) is 0. The van der Waals surface area contributed by atoms with Crippen LogP contribution in [0, 0.1) is 0 Å². The highest BCUT2D eigenvalue weighted by Crippen LogP contribution is 2.09. The van der Waals surface area contributed by atoms with Crippen LogP contribution in [0.25, 0.3) is 0 Å². The molecule has 5 nitrogen and oxygen atoms in total. The first kappa shape index (κ1) is 9.67. The minimum absolute atomic E-state index is 0.269. The lowest BCUT2D eigenvalue weighted by Crippen LogP contribution is -2.13. The Hall–Kier alpha value is -1.88. The average molecular weight is 223 g/mol. The summed E-state index contributed by atoms with van der Waals surface area (Å²) in [6.07, 6.45) is 2.95. The van der Waals surface area contributed by atoms with Crippen LogP contribution in [0.3, 0.4) is 0 Å². The summed E-state index contributed by atoms with van der Waals surface area (Å²) in [5, 5.41) is 2.86. The number of anilines is 1. The molecule has 0 atom stereocenters. The number of nitrogens with zero attached hydrogens (tertiary/aromatic N) is 2. The Morgan fingerprint density at radius 1 is 1.47 bits per heavy atom. The summed E-state index contributed by atoms with van der Waals surface area (Å²) in [7, 11) is 0. The third kappa shape index (κ3) is 2.32. The maximum atomic E-state index is 11.5. The second-order valence-corrected chi connectivity index (χ2v) is 3.15. The summed E-state index contributed by atoms with van der Waals surface area (Å²) in [6, 6.07) is 4.88. The fourth-order valence-electron chi connectivity index (χ4n) is 1.06. The van der Waals surface area contributed by atoms with Crippen LogP contribution >= 0.6 is 11.6 Å². The molecule has 0 saturated heterocycles. The molecular formula is C9H7ClN4O. The molecule has 0 aromatic carbocycles. The van der Waals surface area contributed by atoms with Gasteiger partial charge in [0.2, 0.25) is 0 Å². The minimum Gasteiger partial charge on any atom is -0.357 e. The zero-order chi connectivity index (χ0) is 10.7. The number of nitrogens with one attached hydrogen (secondary N) is 2. The number of carbonyl (C=O) groups excluding carboxylic acids is 1. The number of aromatic nitrogens is 3. The monoisotopic (exact) mass is 222 g/mol. The van der Waals surface area contributed by atoms with E-state index < -0.39 is 0 Å². The van der Waals surface area contributed by atoms with E-state index in [-0.39, 0.29) is 11.1 Å². The van der Waals surface area contributed by atoms with Gasteiger partial charge >= 0.3 is 0 Å². The van der Waals surface area contributed by atoms with Gasteiger partial charge in [-0.1, -0.05) is 11.6 Å². The predicted molar refractivity (Wildman–Crippen MR) is 55.8 cm³/mol. The molecule has 2 heterocycles. The van der Waals surface area contributed by atoms with Crippen LogP contribution in [-0.2, 0) is 0 Å². The molecule has 2 aromatic heterocycles. The van der Waals surface area contributed by atoms with Crippen molar-refractivity contribution in [2.24, 2.45) is 0 Å². The fourth-order valence-corrected chi connectivity index (χ4v) is 1.20. The van der Waals surface area contributed by atoms with E-state index in [1.54, 1.807) is 18.3 Å². The van der Waals surface area contributed by atoms with Gasteiger partial charge in [0.25, 0.3) is 5.91 Å². The molecule has 2 aromatic rings. The quantitative estimate of drug-likeness (QED) is 0.760. The van der Waals surface area contributed by atoms with Gasteiger partial charge in [-0.25, -0.2) is 9.97 Å². The molecule has 0 aliphatic heterocycles. The van der Waals surface area contributed by atoms with Gasteiger partial charge < -0.3 is 10.3 Å². The molecule has 2 N–H and O–H groups in total. The number of carbonyl (C=O) groups is 1. The zero-order valence-electron chi connectivity index (χ0n) is 7.57. The van der Waals surface area contributed by atoms with Crippen molar-refractivity contribution in [1.82, 2.24) is 15.0 Å². The molecule has 76 valence electrons. The van der Waals surface area contributed by atoms with Gasteiger partial charge in [-0.15, -0.1) is 0 Å². The van der Waals surface area contributed by atoms with E-state index in [4.69, 9.17) is 11.6 Å². The summed E-state index contributed by atoms with van der Waals surface area (Å²) < 4.78 is 0. The van der Waals surface area contributed by atoms with Crippen molar-refractivity contribution in [1.29, 1.82) is 0 Å². The third-order valence-electron chi connectivity index (χ3n) is 1.72. The zero-order valence-corrected chi connectivity index (χ0v) is 8.32. The lowest BCUT2D eigenvalue weighted by molar-refractivity contribution is 0.102. The molecule has 2 rings (SSSR count). The van der Waals surface area contributed by atoms with Crippen molar-refractivity contribution in [3.63, 3.8) is 0 Å².